The standard InChI is InChI=1S/C26H47N5O6/c1-2-28-10-12-30(21-25(34)35)13-11-29(18-19-32)15-17-31(16-14-28)23(26(36)37)8-9-24(33)27-20-22-6-4-3-5-7-22/h19,22-23H,2-18,20-21H2,1H3,(H,27,33)(H,34,35)(H,36,37). The Morgan fingerprint density at radius 1 is 0.892 bits per heavy atom. The van der Waals surface area contributed by atoms with Crippen molar-refractivity contribution in [1.82, 2.24) is 24.9 Å². The minimum atomic E-state index is -0.940. The first-order valence-corrected chi connectivity index (χ1v) is 13.9. The summed E-state index contributed by atoms with van der Waals surface area (Å²) in [5.41, 5.74) is 0. The molecule has 0 aromatic carbocycles. The Balaban J connectivity index is 2.01. The smallest absolute Gasteiger partial charge is 0.320 e. The maximum atomic E-state index is 12.5. The lowest BCUT2D eigenvalue weighted by molar-refractivity contribution is -0.144. The molecule has 0 spiro atoms. The Kier molecular flexibility index (Phi) is 14.7. The summed E-state index contributed by atoms with van der Waals surface area (Å²) < 4.78 is 0. The van der Waals surface area contributed by atoms with Crippen LogP contribution in [0.4, 0.5) is 0 Å². The third kappa shape index (κ3) is 12.3. The van der Waals surface area contributed by atoms with Gasteiger partial charge in [0.15, 0.2) is 0 Å². The largest absolute Gasteiger partial charge is 0.480 e. The van der Waals surface area contributed by atoms with E-state index in [0.29, 0.717) is 64.8 Å². The van der Waals surface area contributed by atoms with Gasteiger partial charge in [0.1, 0.15) is 12.3 Å². The normalized spacial score (nSPS) is 21.4. The van der Waals surface area contributed by atoms with Gasteiger partial charge in [-0.2, -0.15) is 0 Å². The van der Waals surface area contributed by atoms with E-state index in [4.69, 9.17) is 0 Å². The third-order valence-electron chi connectivity index (χ3n) is 7.69. The minimum absolute atomic E-state index is 0.0531. The van der Waals surface area contributed by atoms with Gasteiger partial charge in [0.05, 0.1) is 13.1 Å². The molecule has 1 atom stereocenters. The molecule has 1 saturated heterocycles. The van der Waals surface area contributed by atoms with Crippen molar-refractivity contribution in [3.8, 4) is 0 Å². The second-order valence-electron chi connectivity index (χ2n) is 10.3. The van der Waals surface area contributed by atoms with Crippen molar-refractivity contribution >= 4 is 24.1 Å². The van der Waals surface area contributed by atoms with E-state index in [1.165, 1.54) is 19.3 Å². The quantitative estimate of drug-likeness (QED) is 0.308. The van der Waals surface area contributed by atoms with E-state index in [1.807, 2.05) is 21.6 Å². The molecular weight excluding hydrogens is 478 g/mol. The van der Waals surface area contributed by atoms with Crippen LogP contribution in [0.2, 0.25) is 0 Å². The van der Waals surface area contributed by atoms with Crippen molar-refractivity contribution in [1.29, 1.82) is 0 Å². The molecule has 1 heterocycles. The summed E-state index contributed by atoms with van der Waals surface area (Å²) >= 11 is 0. The summed E-state index contributed by atoms with van der Waals surface area (Å²) in [5.74, 6) is -1.39. The number of likely N-dealkylation sites (N-methyl/N-ethyl adjacent to an activating group) is 1. The highest BCUT2D eigenvalue weighted by molar-refractivity contribution is 5.78. The molecule has 0 radical (unpaired) electrons. The average Bonchev–Trinajstić information content (AvgIpc) is 2.87. The highest BCUT2D eigenvalue weighted by atomic mass is 16.4. The number of carbonyl (C=O) groups is 4. The number of nitrogens with one attached hydrogen (secondary N) is 1. The molecule has 11 heteroatoms. The van der Waals surface area contributed by atoms with E-state index in [1.54, 1.807) is 0 Å². The number of hydrogen-bond donors (Lipinski definition) is 3. The topological polar surface area (TPSA) is 134 Å². The molecule has 3 N–H and O–H groups in total. The molecule has 2 aliphatic rings. The van der Waals surface area contributed by atoms with Crippen LogP contribution >= 0.6 is 0 Å². The molecule has 37 heavy (non-hydrogen) atoms. The first kappa shape index (κ1) is 31.1. The number of carbonyl (C=O) groups excluding carboxylic acids is 2. The lowest BCUT2D eigenvalue weighted by atomic mass is 9.89. The van der Waals surface area contributed by atoms with Gasteiger partial charge in [0.25, 0.3) is 0 Å². The van der Waals surface area contributed by atoms with E-state index in [-0.39, 0.29) is 31.8 Å². The zero-order valence-electron chi connectivity index (χ0n) is 22.5. The number of carboxylic acid groups (broad SMARTS) is 2. The van der Waals surface area contributed by atoms with Crippen molar-refractivity contribution in [2.45, 2.75) is 57.9 Å². The number of aldehydes is 1. The van der Waals surface area contributed by atoms with Gasteiger partial charge >= 0.3 is 11.9 Å². The lowest BCUT2D eigenvalue weighted by Crippen LogP contribution is -2.51. The van der Waals surface area contributed by atoms with Gasteiger partial charge in [-0.1, -0.05) is 26.2 Å². The van der Waals surface area contributed by atoms with Crippen molar-refractivity contribution in [2.75, 3.05) is 78.5 Å². The van der Waals surface area contributed by atoms with E-state index in [2.05, 4.69) is 10.2 Å². The molecule has 1 aliphatic carbocycles. The zero-order valence-corrected chi connectivity index (χ0v) is 22.5. The zero-order chi connectivity index (χ0) is 27.0. The van der Waals surface area contributed by atoms with Crippen LogP contribution in [0.15, 0.2) is 0 Å². The lowest BCUT2D eigenvalue weighted by Gasteiger charge is -2.35. The van der Waals surface area contributed by atoms with Crippen LogP contribution in [0.5, 0.6) is 0 Å². The highest BCUT2D eigenvalue weighted by Crippen LogP contribution is 2.22. The summed E-state index contributed by atoms with van der Waals surface area (Å²) in [6.45, 7) is 8.02. The first-order valence-electron chi connectivity index (χ1n) is 13.9. The number of amides is 1. The molecule has 2 rings (SSSR count). The second-order valence-corrected chi connectivity index (χ2v) is 10.3. The van der Waals surface area contributed by atoms with Crippen LogP contribution in [-0.2, 0) is 19.2 Å². The summed E-state index contributed by atoms with van der Waals surface area (Å²) in [4.78, 5) is 55.3. The molecule has 212 valence electrons. The number of aliphatic carboxylic acids is 2. The van der Waals surface area contributed by atoms with E-state index in [0.717, 1.165) is 25.7 Å². The Morgan fingerprint density at radius 3 is 2.08 bits per heavy atom. The summed E-state index contributed by atoms with van der Waals surface area (Å²) in [5, 5.41) is 22.3. The van der Waals surface area contributed by atoms with Crippen LogP contribution in [0, 0.1) is 5.92 Å². The molecule has 1 unspecified atom stereocenters. The predicted molar refractivity (Wildman–Crippen MR) is 141 cm³/mol. The van der Waals surface area contributed by atoms with Crippen LogP contribution in [-0.4, -0.2) is 139 Å². The fraction of sp³-hybridized carbons (Fsp3) is 0.846. The summed E-state index contributed by atoms with van der Waals surface area (Å²) in [7, 11) is 0. The first-order chi connectivity index (χ1) is 17.8. The SMILES string of the molecule is CCN1CCN(CC(=O)O)CCN(CC=O)CCN(C(CCC(=O)NCC2CCCCC2)C(=O)O)CC1. The fourth-order valence-electron chi connectivity index (χ4n) is 5.29. The molecule has 1 amide bonds. The van der Waals surface area contributed by atoms with E-state index >= 15 is 0 Å². The molecule has 1 saturated carbocycles. The second kappa shape index (κ2) is 17.4. The van der Waals surface area contributed by atoms with E-state index < -0.39 is 18.0 Å². The van der Waals surface area contributed by atoms with Gasteiger partial charge in [-0.05, 0) is 31.7 Å². The van der Waals surface area contributed by atoms with Crippen LogP contribution in [0.25, 0.3) is 0 Å². The van der Waals surface area contributed by atoms with Gasteiger partial charge in [-0.25, -0.2) is 0 Å². The maximum Gasteiger partial charge on any atom is 0.320 e. The van der Waals surface area contributed by atoms with Gasteiger partial charge in [-0.3, -0.25) is 29.1 Å². The molecule has 0 bridgehead atoms. The third-order valence-corrected chi connectivity index (χ3v) is 7.69. The predicted octanol–water partition coefficient (Wildman–Crippen LogP) is 0.441. The Bertz CT molecular complexity index is 718. The molecule has 0 aromatic heterocycles. The van der Waals surface area contributed by atoms with Crippen LogP contribution in [0.1, 0.15) is 51.9 Å². The maximum absolute atomic E-state index is 12.5. The molecule has 2 fully saturated rings. The van der Waals surface area contributed by atoms with Gasteiger partial charge in [-0.15, -0.1) is 0 Å². The molecule has 0 aromatic rings. The van der Waals surface area contributed by atoms with Gasteiger partial charge in [0.2, 0.25) is 5.91 Å². The Hall–Kier alpha value is -2.08. The highest BCUT2D eigenvalue weighted by Gasteiger charge is 2.28. The summed E-state index contributed by atoms with van der Waals surface area (Å²) in [6, 6.07) is -0.788. The van der Waals surface area contributed by atoms with Crippen molar-refractivity contribution < 1.29 is 29.4 Å². The minimum Gasteiger partial charge on any atom is -0.480 e. The monoisotopic (exact) mass is 525 g/mol. The van der Waals surface area contributed by atoms with Crippen molar-refractivity contribution in [3.05, 3.63) is 0 Å². The number of carboxylic acids is 2. The molecule has 1 aliphatic heterocycles. The Morgan fingerprint density at radius 2 is 1.49 bits per heavy atom. The van der Waals surface area contributed by atoms with E-state index in [9.17, 15) is 29.4 Å². The van der Waals surface area contributed by atoms with Crippen LogP contribution in [0.3, 0.4) is 0 Å². The fourth-order valence-corrected chi connectivity index (χ4v) is 5.29. The number of rotatable bonds is 12. The molecule has 11 nitrogen and oxygen atoms in total. The average molecular weight is 526 g/mol. The van der Waals surface area contributed by atoms with Gasteiger partial charge < -0.3 is 25.2 Å². The Labute approximate surface area is 221 Å². The van der Waals surface area contributed by atoms with Crippen LogP contribution < -0.4 is 5.32 Å². The number of nitrogens with zero attached hydrogens (tertiary/aromatic N) is 4. The van der Waals surface area contributed by atoms with Crippen molar-refractivity contribution in [3.63, 3.8) is 0 Å². The van der Waals surface area contributed by atoms with Gasteiger partial charge in [0, 0.05) is 65.3 Å². The molecular formula is C26H47N5O6. The van der Waals surface area contributed by atoms with Crippen molar-refractivity contribution in [2.24, 2.45) is 5.92 Å². The summed E-state index contributed by atoms with van der Waals surface area (Å²) in [6.07, 6.45) is 7.20. The number of hydrogen-bond acceptors (Lipinski definition) is 8.